The van der Waals surface area contributed by atoms with Gasteiger partial charge in [0, 0.05) is 0 Å². The fourth-order valence-corrected chi connectivity index (χ4v) is 3.48. The second-order valence-electron chi connectivity index (χ2n) is 6.77. The first-order valence-electron chi connectivity index (χ1n) is 9.21. The van der Waals surface area contributed by atoms with E-state index in [1.165, 1.54) is 12.7 Å². The highest BCUT2D eigenvalue weighted by atomic mass is 16.6. The van der Waals surface area contributed by atoms with Crippen molar-refractivity contribution in [3.8, 4) is 0 Å². The van der Waals surface area contributed by atoms with Gasteiger partial charge in [-0.1, -0.05) is 37.3 Å². The van der Waals surface area contributed by atoms with Crippen LogP contribution in [-0.4, -0.2) is 54.7 Å². The molecule has 0 saturated carbocycles. The molecule has 5 atom stereocenters. The minimum atomic E-state index is -1.15. The molecule has 2 aromatic heterocycles. The summed E-state index contributed by atoms with van der Waals surface area (Å²) in [4.78, 5) is 12.2. The van der Waals surface area contributed by atoms with Crippen molar-refractivity contribution in [1.82, 2.24) is 19.5 Å². The molecule has 148 valence electrons. The highest BCUT2D eigenvalue weighted by molar-refractivity contribution is 5.81. The van der Waals surface area contributed by atoms with Gasteiger partial charge in [-0.15, -0.1) is 0 Å². The number of ether oxygens (including phenoxy) is 2. The van der Waals surface area contributed by atoms with Gasteiger partial charge in [0.05, 0.1) is 19.0 Å². The average molecular weight is 385 g/mol. The number of nitrogen functional groups attached to an aromatic ring is 1. The van der Waals surface area contributed by atoms with Crippen molar-refractivity contribution in [2.24, 2.45) is 0 Å². The molecule has 1 aromatic carbocycles. The second-order valence-corrected chi connectivity index (χ2v) is 6.77. The van der Waals surface area contributed by atoms with Crippen molar-refractivity contribution in [2.75, 3.05) is 12.3 Å². The van der Waals surface area contributed by atoms with Gasteiger partial charge in [0.2, 0.25) is 0 Å². The molecule has 0 amide bonds. The van der Waals surface area contributed by atoms with Crippen LogP contribution in [0.1, 0.15) is 31.2 Å². The predicted octanol–water partition coefficient (Wildman–Crippen LogP) is 1.20. The van der Waals surface area contributed by atoms with Gasteiger partial charge in [0.1, 0.15) is 30.2 Å². The fraction of sp³-hybridized carbons (Fsp3) is 0.421. The molecule has 1 aliphatic rings. The van der Waals surface area contributed by atoms with Crippen molar-refractivity contribution in [3.63, 3.8) is 0 Å². The number of hydrogen-bond acceptors (Lipinski definition) is 8. The Morgan fingerprint density at radius 1 is 1.18 bits per heavy atom. The summed E-state index contributed by atoms with van der Waals surface area (Å²) >= 11 is 0. The lowest BCUT2D eigenvalue weighted by Crippen LogP contribution is -2.34. The number of nitrogens with zero attached hydrogens (tertiary/aromatic N) is 4. The minimum Gasteiger partial charge on any atom is -0.387 e. The summed E-state index contributed by atoms with van der Waals surface area (Å²) in [6.07, 6.45) is -0.336. The zero-order chi connectivity index (χ0) is 19.7. The molecule has 9 nitrogen and oxygen atoms in total. The number of hydrogen-bond donors (Lipinski definition) is 3. The number of imidazole rings is 1. The largest absolute Gasteiger partial charge is 0.387 e. The summed E-state index contributed by atoms with van der Waals surface area (Å²) in [5.74, 6) is 0.241. The van der Waals surface area contributed by atoms with Gasteiger partial charge in [-0.25, -0.2) is 15.0 Å². The van der Waals surface area contributed by atoms with E-state index in [1.807, 2.05) is 37.3 Å². The van der Waals surface area contributed by atoms with Crippen LogP contribution in [0.15, 0.2) is 43.0 Å². The maximum atomic E-state index is 10.5. The Balaban J connectivity index is 1.49. The quantitative estimate of drug-likeness (QED) is 0.577. The van der Waals surface area contributed by atoms with E-state index in [0.29, 0.717) is 11.2 Å². The Kier molecular flexibility index (Phi) is 5.23. The average Bonchev–Trinajstić information content (AvgIpc) is 3.26. The molecule has 0 radical (unpaired) electrons. The SMILES string of the molecule is CCC(OC[C@H]1O[C@@H](n2cnc3c(N)ncnc32)[C@H](O)[C@@H]1O)c1ccccc1. The van der Waals surface area contributed by atoms with Crippen LogP contribution in [0, 0.1) is 0 Å². The Morgan fingerprint density at radius 3 is 2.71 bits per heavy atom. The van der Waals surface area contributed by atoms with Crippen molar-refractivity contribution in [1.29, 1.82) is 0 Å². The molecule has 1 fully saturated rings. The Bertz CT molecular complexity index is 934. The highest BCUT2D eigenvalue weighted by Crippen LogP contribution is 2.33. The van der Waals surface area contributed by atoms with E-state index in [4.69, 9.17) is 15.2 Å². The summed E-state index contributed by atoms with van der Waals surface area (Å²) in [7, 11) is 0. The van der Waals surface area contributed by atoms with Gasteiger partial charge in [-0.3, -0.25) is 4.57 Å². The smallest absolute Gasteiger partial charge is 0.167 e. The van der Waals surface area contributed by atoms with E-state index in [9.17, 15) is 10.2 Å². The van der Waals surface area contributed by atoms with Crippen LogP contribution in [0.5, 0.6) is 0 Å². The van der Waals surface area contributed by atoms with E-state index in [2.05, 4.69) is 15.0 Å². The maximum Gasteiger partial charge on any atom is 0.167 e. The van der Waals surface area contributed by atoms with Gasteiger partial charge in [-0.2, -0.15) is 0 Å². The van der Waals surface area contributed by atoms with Crippen molar-refractivity contribution < 1.29 is 19.7 Å². The standard InChI is InChI=1S/C19H23N5O4/c1-2-12(11-6-4-3-5-7-11)27-8-13-15(25)16(26)19(28-13)24-10-23-14-17(20)21-9-22-18(14)24/h3-7,9-10,12-13,15-16,19,25-26H,2,8H2,1H3,(H2,20,21,22)/t12?,13-,15-,16-,19-/m1/s1. The lowest BCUT2D eigenvalue weighted by atomic mass is 10.1. The van der Waals surface area contributed by atoms with Crippen molar-refractivity contribution in [3.05, 3.63) is 48.5 Å². The highest BCUT2D eigenvalue weighted by Gasteiger charge is 2.44. The summed E-state index contributed by atoms with van der Waals surface area (Å²) < 4.78 is 13.4. The van der Waals surface area contributed by atoms with Crippen LogP contribution >= 0.6 is 0 Å². The lowest BCUT2D eigenvalue weighted by molar-refractivity contribution is -0.0823. The molecule has 1 aliphatic heterocycles. The van der Waals surface area contributed by atoms with Crippen LogP contribution < -0.4 is 5.73 Å². The molecule has 9 heteroatoms. The van der Waals surface area contributed by atoms with E-state index in [0.717, 1.165) is 12.0 Å². The Morgan fingerprint density at radius 2 is 1.96 bits per heavy atom. The number of aliphatic hydroxyl groups is 2. The summed E-state index contributed by atoms with van der Waals surface area (Å²) in [5.41, 5.74) is 7.72. The molecular formula is C19H23N5O4. The predicted molar refractivity (Wildman–Crippen MR) is 101 cm³/mol. The number of aromatic nitrogens is 4. The maximum absolute atomic E-state index is 10.5. The first kappa shape index (κ1) is 18.8. The number of aliphatic hydroxyl groups excluding tert-OH is 2. The topological polar surface area (TPSA) is 129 Å². The molecular weight excluding hydrogens is 362 g/mol. The summed E-state index contributed by atoms with van der Waals surface area (Å²) in [6.45, 7) is 2.18. The fourth-order valence-electron chi connectivity index (χ4n) is 3.48. The Hall–Kier alpha value is -2.59. The summed E-state index contributed by atoms with van der Waals surface area (Å²) in [5, 5.41) is 21.0. The van der Waals surface area contributed by atoms with Gasteiger partial charge in [-0.05, 0) is 12.0 Å². The Labute approximate surface area is 161 Å². The molecule has 0 bridgehead atoms. The monoisotopic (exact) mass is 385 g/mol. The first-order valence-corrected chi connectivity index (χ1v) is 9.21. The molecule has 0 aliphatic carbocycles. The number of nitrogens with two attached hydrogens (primary N) is 1. The van der Waals surface area contributed by atoms with Crippen LogP contribution in [0.2, 0.25) is 0 Å². The summed E-state index contributed by atoms with van der Waals surface area (Å²) in [6, 6.07) is 9.87. The molecule has 3 heterocycles. The third-order valence-corrected chi connectivity index (χ3v) is 5.00. The van der Waals surface area contributed by atoms with Gasteiger partial charge in [0.25, 0.3) is 0 Å². The molecule has 3 aromatic rings. The number of anilines is 1. The molecule has 28 heavy (non-hydrogen) atoms. The van der Waals surface area contributed by atoms with Crippen molar-refractivity contribution in [2.45, 2.75) is 44.0 Å². The molecule has 0 spiro atoms. The van der Waals surface area contributed by atoms with Crippen LogP contribution in [0.4, 0.5) is 5.82 Å². The lowest BCUT2D eigenvalue weighted by Gasteiger charge is -2.21. The van der Waals surface area contributed by atoms with E-state index >= 15 is 0 Å². The zero-order valence-electron chi connectivity index (χ0n) is 15.4. The zero-order valence-corrected chi connectivity index (χ0v) is 15.4. The van der Waals surface area contributed by atoms with Gasteiger partial charge in [0.15, 0.2) is 17.7 Å². The van der Waals surface area contributed by atoms with Crippen LogP contribution in [0.3, 0.4) is 0 Å². The van der Waals surface area contributed by atoms with E-state index in [1.54, 1.807) is 4.57 Å². The normalized spacial score (nSPS) is 26.0. The van der Waals surface area contributed by atoms with Crippen molar-refractivity contribution >= 4 is 17.0 Å². The number of benzene rings is 1. The second kappa shape index (κ2) is 7.80. The van der Waals surface area contributed by atoms with E-state index in [-0.39, 0.29) is 18.5 Å². The third kappa shape index (κ3) is 3.33. The minimum absolute atomic E-state index is 0.116. The van der Waals surface area contributed by atoms with Gasteiger partial charge >= 0.3 is 0 Å². The third-order valence-electron chi connectivity index (χ3n) is 5.00. The number of rotatable bonds is 6. The molecule has 1 saturated heterocycles. The molecule has 1 unspecified atom stereocenters. The first-order chi connectivity index (χ1) is 13.6. The molecule has 4 rings (SSSR count). The molecule has 4 N–H and O–H groups in total. The van der Waals surface area contributed by atoms with Gasteiger partial charge < -0.3 is 25.4 Å². The number of fused-ring (bicyclic) bond motifs is 1. The van der Waals surface area contributed by atoms with E-state index < -0.39 is 24.5 Å². The van der Waals surface area contributed by atoms with Crippen LogP contribution in [0.25, 0.3) is 11.2 Å². The van der Waals surface area contributed by atoms with Crippen LogP contribution in [-0.2, 0) is 9.47 Å².